The maximum atomic E-state index is 12.2. The number of aromatic nitrogens is 1. The molecule has 1 atom stereocenters. The molecule has 28 heavy (non-hydrogen) atoms. The Labute approximate surface area is 166 Å². The van der Waals surface area contributed by atoms with Gasteiger partial charge >= 0.3 is 5.97 Å². The van der Waals surface area contributed by atoms with Crippen LogP contribution in [0.3, 0.4) is 0 Å². The summed E-state index contributed by atoms with van der Waals surface area (Å²) >= 11 is 0. The summed E-state index contributed by atoms with van der Waals surface area (Å²) in [5, 5.41) is 2.30. The molecule has 0 bridgehead atoms. The summed E-state index contributed by atoms with van der Waals surface area (Å²) in [6, 6.07) is 18.9. The van der Waals surface area contributed by atoms with Crippen molar-refractivity contribution in [3.63, 3.8) is 0 Å². The molecule has 142 valence electrons. The lowest BCUT2D eigenvalue weighted by Gasteiger charge is -2.16. The highest BCUT2D eigenvalue weighted by atomic mass is 16.5. The Bertz CT molecular complexity index is 1050. The number of carbonyl (C=O) groups excluding carboxylic acids is 1. The van der Waals surface area contributed by atoms with Crippen LogP contribution in [0.5, 0.6) is 0 Å². The molecule has 0 spiro atoms. The Morgan fingerprint density at radius 3 is 2.61 bits per heavy atom. The van der Waals surface area contributed by atoms with Gasteiger partial charge < -0.3 is 4.74 Å². The Balaban J connectivity index is 1.89. The number of hydrogen-bond acceptors (Lipinski definition) is 3. The number of rotatable bonds is 6. The highest BCUT2D eigenvalue weighted by Crippen LogP contribution is 2.50. The average molecular weight is 371 g/mol. The van der Waals surface area contributed by atoms with Gasteiger partial charge in [-0.25, -0.2) is 0 Å². The van der Waals surface area contributed by atoms with E-state index in [4.69, 9.17) is 9.72 Å². The topological polar surface area (TPSA) is 39.2 Å². The van der Waals surface area contributed by atoms with E-state index in [2.05, 4.69) is 49.4 Å². The number of benzene rings is 2. The molecule has 0 saturated carbocycles. The molecule has 1 aliphatic rings. The molecule has 0 aliphatic heterocycles. The maximum absolute atomic E-state index is 12.2. The van der Waals surface area contributed by atoms with Crippen molar-refractivity contribution in [2.45, 2.75) is 38.5 Å². The first-order chi connectivity index (χ1) is 13.7. The molecular weight excluding hydrogens is 346 g/mol. The van der Waals surface area contributed by atoms with E-state index in [1.807, 2.05) is 18.3 Å². The zero-order valence-electron chi connectivity index (χ0n) is 16.4. The van der Waals surface area contributed by atoms with Gasteiger partial charge in [-0.3, -0.25) is 9.78 Å². The number of ether oxygens (including phenoxy) is 1. The number of carbonyl (C=O) groups is 1. The molecule has 3 heteroatoms. The Kier molecular flexibility index (Phi) is 5.25. The van der Waals surface area contributed by atoms with Gasteiger partial charge in [-0.2, -0.15) is 0 Å². The number of esters is 1. The normalized spacial score (nSPS) is 15.7. The van der Waals surface area contributed by atoms with Crippen LogP contribution in [0.2, 0.25) is 0 Å². The third-order valence-electron chi connectivity index (χ3n) is 5.62. The van der Waals surface area contributed by atoms with Crippen LogP contribution in [0.4, 0.5) is 0 Å². The van der Waals surface area contributed by atoms with Gasteiger partial charge in [-0.1, -0.05) is 61.9 Å². The quantitative estimate of drug-likeness (QED) is 0.499. The molecule has 4 rings (SSSR count). The predicted molar refractivity (Wildman–Crippen MR) is 114 cm³/mol. The highest BCUT2D eigenvalue weighted by molar-refractivity contribution is 6.01. The van der Waals surface area contributed by atoms with E-state index in [1.165, 1.54) is 34.8 Å². The van der Waals surface area contributed by atoms with Crippen molar-refractivity contribution >= 4 is 27.9 Å². The standard InChI is InChI=1S/C25H25NO2/c1-3-4-11-21-19-12-7-8-13-20(19)22(15-24(27)28-2)25(21)23-14-17-9-5-6-10-18(17)16-26-23/h5-10,12-14,16,22H,3-4,11,15H2,1-2H3. The molecule has 3 nitrogen and oxygen atoms in total. The fraction of sp³-hybridized carbons (Fsp3) is 0.280. The van der Waals surface area contributed by atoms with Gasteiger partial charge in [0.25, 0.3) is 0 Å². The van der Waals surface area contributed by atoms with Crippen LogP contribution >= 0.6 is 0 Å². The predicted octanol–water partition coefficient (Wildman–Crippen LogP) is 6.00. The molecule has 0 amide bonds. The largest absolute Gasteiger partial charge is 0.469 e. The SMILES string of the molecule is CCCCC1=C(c2cc3ccccc3cn2)C(CC(=O)OC)c2ccccc21. The second-order valence-electron chi connectivity index (χ2n) is 7.33. The lowest BCUT2D eigenvalue weighted by atomic mass is 9.89. The zero-order valence-corrected chi connectivity index (χ0v) is 16.4. The van der Waals surface area contributed by atoms with Crippen molar-refractivity contribution < 1.29 is 9.53 Å². The van der Waals surface area contributed by atoms with Crippen molar-refractivity contribution in [2.24, 2.45) is 0 Å². The summed E-state index contributed by atoms with van der Waals surface area (Å²) in [4.78, 5) is 17.0. The van der Waals surface area contributed by atoms with Crippen molar-refractivity contribution in [2.75, 3.05) is 7.11 Å². The minimum atomic E-state index is -0.185. The van der Waals surface area contributed by atoms with E-state index in [0.717, 1.165) is 30.3 Å². The minimum Gasteiger partial charge on any atom is -0.469 e. The number of unbranched alkanes of at least 4 members (excludes halogenated alkanes) is 1. The highest BCUT2D eigenvalue weighted by Gasteiger charge is 2.34. The van der Waals surface area contributed by atoms with Crippen LogP contribution in [0.25, 0.3) is 21.9 Å². The molecular formula is C25H25NO2. The number of fused-ring (bicyclic) bond motifs is 2. The van der Waals surface area contributed by atoms with Crippen molar-refractivity contribution in [1.29, 1.82) is 0 Å². The summed E-state index contributed by atoms with van der Waals surface area (Å²) in [6.45, 7) is 2.21. The van der Waals surface area contributed by atoms with Gasteiger partial charge in [0.15, 0.2) is 0 Å². The average Bonchev–Trinajstić information content (AvgIpc) is 3.05. The van der Waals surface area contributed by atoms with Crippen LogP contribution in [0.15, 0.2) is 60.8 Å². The third kappa shape index (κ3) is 3.33. The lowest BCUT2D eigenvalue weighted by molar-refractivity contribution is -0.140. The monoisotopic (exact) mass is 371 g/mol. The van der Waals surface area contributed by atoms with E-state index in [0.29, 0.717) is 6.42 Å². The minimum absolute atomic E-state index is 0.0100. The van der Waals surface area contributed by atoms with E-state index < -0.39 is 0 Å². The number of hydrogen-bond donors (Lipinski definition) is 0. The fourth-order valence-electron chi connectivity index (χ4n) is 4.24. The lowest BCUT2D eigenvalue weighted by Crippen LogP contribution is -2.09. The first kappa shape index (κ1) is 18.4. The molecule has 1 unspecified atom stereocenters. The molecule has 1 aromatic heterocycles. The first-order valence-corrected chi connectivity index (χ1v) is 9.97. The van der Waals surface area contributed by atoms with E-state index in [1.54, 1.807) is 0 Å². The Morgan fingerprint density at radius 2 is 1.82 bits per heavy atom. The third-order valence-corrected chi connectivity index (χ3v) is 5.62. The molecule has 0 fully saturated rings. The van der Waals surface area contributed by atoms with Gasteiger partial charge in [-0.05, 0) is 46.6 Å². The number of methoxy groups -OCH3 is 1. The number of nitrogens with zero attached hydrogens (tertiary/aromatic N) is 1. The summed E-state index contributed by atoms with van der Waals surface area (Å²) < 4.78 is 5.02. The maximum Gasteiger partial charge on any atom is 0.306 e. The van der Waals surface area contributed by atoms with E-state index in [9.17, 15) is 4.79 Å². The van der Waals surface area contributed by atoms with Crippen LogP contribution in [0.1, 0.15) is 55.3 Å². The second kappa shape index (κ2) is 7.97. The molecule has 0 saturated heterocycles. The second-order valence-corrected chi connectivity index (χ2v) is 7.33. The molecule has 2 aromatic carbocycles. The van der Waals surface area contributed by atoms with Gasteiger partial charge in [-0.15, -0.1) is 0 Å². The fourth-order valence-corrected chi connectivity index (χ4v) is 4.24. The summed E-state index contributed by atoms with van der Waals surface area (Å²) in [7, 11) is 1.46. The molecule has 0 N–H and O–H groups in total. The van der Waals surface area contributed by atoms with E-state index in [-0.39, 0.29) is 11.9 Å². The molecule has 1 heterocycles. The van der Waals surface area contributed by atoms with Crippen molar-refractivity contribution in [3.8, 4) is 0 Å². The number of pyridine rings is 1. The van der Waals surface area contributed by atoms with Crippen molar-refractivity contribution in [1.82, 2.24) is 4.98 Å². The van der Waals surface area contributed by atoms with Crippen molar-refractivity contribution in [3.05, 3.63) is 77.6 Å². The molecule has 0 radical (unpaired) electrons. The van der Waals surface area contributed by atoms with Crippen LogP contribution in [-0.4, -0.2) is 18.1 Å². The van der Waals surface area contributed by atoms with E-state index >= 15 is 0 Å². The van der Waals surface area contributed by atoms with Gasteiger partial charge in [0.05, 0.1) is 19.2 Å². The van der Waals surface area contributed by atoms with Gasteiger partial charge in [0, 0.05) is 17.5 Å². The summed E-state index contributed by atoms with van der Waals surface area (Å²) in [6.07, 6.45) is 5.52. The first-order valence-electron chi connectivity index (χ1n) is 9.97. The van der Waals surface area contributed by atoms with Crippen LogP contribution in [-0.2, 0) is 9.53 Å². The number of allylic oxidation sites excluding steroid dienone is 2. The Hall–Kier alpha value is -2.94. The zero-order chi connectivity index (χ0) is 19.5. The van der Waals surface area contributed by atoms with Crippen LogP contribution < -0.4 is 0 Å². The molecule has 3 aromatic rings. The van der Waals surface area contributed by atoms with Gasteiger partial charge in [0.1, 0.15) is 0 Å². The van der Waals surface area contributed by atoms with Crippen LogP contribution in [0, 0.1) is 0 Å². The smallest absolute Gasteiger partial charge is 0.306 e. The summed E-state index contributed by atoms with van der Waals surface area (Å²) in [5.41, 5.74) is 5.95. The Morgan fingerprint density at radius 1 is 1.07 bits per heavy atom. The van der Waals surface area contributed by atoms with Gasteiger partial charge in [0.2, 0.25) is 0 Å². The summed E-state index contributed by atoms with van der Waals surface area (Å²) in [5.74, 6) is -0.195. The molecule has 1 aliphatic carbocycles.